The van der Waals surface area contributed by atoms with Crippen molar-refractivity contribution < 1.29 is 14.1 Å². The van der Waals surface area contributed by atoms with Crippen LogP contribution in [-0.2, 0) is 6.42 Å². The molecule has 0 radical (unpaired) electrons. The largest absolute Gasteiger partial charge is 0.339 e. The van der Waals surface area contributed by atoms with Crippen molar-refractivity contribution in [3.8, 4) is 11.5 Å². The van der Waals surface area contributed by atoms with Crippen molar-refractivity contribution in [3.05, 3.63) is 65.7 Å². The fourth-order valence-electron chi connectivity index (χ4n) is 3.12. The van der Waals surface area contributed by atoms with Crippen LogP contribution < -0.4 is 0 Å². The Morgan fingerprint density at radius 1 is 0.889 bits per heavy atom. The van der Waals surface area contributed by atoms with Crippen molar-refractivity contribution in [1.82, 2.24) is 20.0 Å². The van der Waals surface area contributed by atoms with E-state index in [1.807, 2.05) is 18.2 Å². The van der Waals surface area contributed by atoms with Gasteiger partial charge in [0.15, 0.2) is 0 Å². The summed E-state index contributed by atoms with van der Waals surface area (Å²) in [4.78, 5) is 34.5. The molecule has 27 heavy (non-hydrogen) atoms. The number of imide groups is 1. The van der Waals surface area contributed by atoms with Crippen molar-refractivity contribution in [2.24, 2.45) is 0 Å². The third kappa shape index (κ3) is 3.48. The van der Waals surface area contributed by atoms with Crippen LogP contribution in [0, 0.1) is 0 Å². The van der Waals surface area contributed by atoms with Crippen LogP contribution in [0.4, 0.5) is 0 Å². The van der Waals surface area contributed by atoms with Gasteiger partial charge in [-0.25, -0.2) is 0 Å². The fraction of sp³-hybridized carbons (Fsp3) is 0.250. The number of hydrogen-bond acceptors (Lipinski definition) is 6. The van der Waals surface area contributed by atoms with Crippen molar-refractivity contribution in [2.45, 2.75) is 25.7 Å². The molecule has 0 aliphatic carbocycles. The van der Waals surface area contributed by atoms with Crippen LogP contribution in [0.3, 0.4) is 0 Å². The number of hydrogen-bond donors (Lipinski definition) is 0. The van der Waals surface area contributed by atoms with Crippen molar-refractivity contribution >= 4 is 11.8 Å². The molecule has 0 atom stereocenters. The molecule has 1 aliphatic heterocycles. The SMILES string of the molecule is O=C1c2ccccc2C(=O)N1CCCCCc1nc(-c2ccccn2)no1. The maximum absolute atomic E-state index is 12.3. The standard InChI is InChI=1S/C20H18N4O3/c25-19-14-8-3-4-9-15(14)20(26)24(19)13-7-1-2-11-17-22-18(23-27-17)16-10-5-6-12-21-16/h3-6,8-10,12H,1-2,7,11,13H2. The van der Waals surface area contributed by atoms with Crippen molar-refractivity contribution in [3.63, 3.8) is 0 Å². The molecule has 0 bridgehead atoms. The molecule has 3 aromatic rings. The highest BCUT2D eigenvalue weighted by Crippen LogP contribution is 2.23. The summed E-state index contributed by atoms with van der Waals surface area (Å²) in [6, 6.07) is 12.5. The molecule has 7 heteroatoms. The Hall–Kier alpha value is -3.35. The number of fused-ring (bicyclic) bond motifs is 1. The monoisotopic (exact) mass is 362 g/mol. The predicted octanol–water partition coefficient (Wildman–Crippen LogP) is 3.14. The summed E-state index contributed by atoms with van der Waals surface area (Å²) in [7, 11) is 0. The van der Waals surface area contributed by atoms with Gasteiger partial charge in [-0.1, -0.05) is 29.8 Å². The van der Waals surface area contributed by atoms with Gasteiger partial charge < -0.3 is 4.52 Å². The number of amides is 2. The molecule has 3 heterocycles. The third-order valence-electron chi connectivity index (χ3n) is 4.51. The fourth-order valence-corrected chi connectivity index (χ4v) is 3.12. The Morgan fingerprint density at radius 3 is 2.33 bits per heavy atom. The summed E-state index contributed by atoms with van der Waals surface area (Å²) < 4.78 is 5.26. The minimum atomic E-state index is -0.201. The second-order valence-electron chi connectivity index (χ2n) is 6.34. The zero-order chi connectivity index (χ0) is 18.6. The van der Waals surface area contributed by atoms with Gasteiger partial charge in [0.1, 0.15) is 5.69 Å². The van der Waals surface area contributed by atoms with Gasteiger partial charge in [0.25, 0.3) is 11.8 Å². The molecule has 4 rings (SSSR count). The Labute approximate surface area is 156 Å². The van der Waals surface area contributed by atoms with Gasteiger partial charge in [0.05, 0.1) is 11.1 Å². The lowest BCUT2D eigenvalue weighted by atomic mass is 10.1. The van der Waals surface area contributed by atoms with E-state index in [-0.39, 0.29) is 11.8 Å². The van der Waals surface area contributed by atoms with Crippen LogP contribution in [0.25, 0.3) is 11.5 Å². The maximum Gasteiger partial charge on any atom is 0.261 e. The van der Waals surface area contributed by atoms with E-state index in [1.165, 1.54) is 4.90 Å². The number of benzene rings is 1. The first-order chi connectivity index (χ1) is 13.2. The molecule has 0 N–H and O–H groups in total. The van der Waals surface area contributed by atoms with E-state index in [9.17, 15) is 9.59 Å². The third-order valence-corrected chi connectivity index (χ3v) is 4.51. The number of aryl methyl sites for hydroxylation is 1. The Balaban J connectivity index is 1.24. The molecule has 1 aromatic carbocycles. The van der Waals surface area contributed by atoms with Crippen molar-refractivity contribution in [2.75, 3.05) is 6.54 Å². The van der Waals surface area contributed by atoms with Crippen LogP contribution >= 0.6 is 0 Å². The van der Waals surface area contributed by atoms with E-state index >= 15 is 0 Å². The second kappa shape index (κ2) is 7.49. The van der Waals surface area contributed by atoms with E-state index in [4.69, 9.17) is 4.52 Å². The molecule has 0 saturated heterocycles. The average Bonchev–Trinajstić information content (AvgIpc) is 3.27. The van der Waals surface area contributed by atoms with Gasteiger partial charge >= 0.3 is 0 Å². The topological polar surface area (TPSA) is 89.2 Å². The molecular formula is C20H18N4O3. The van der Waals surface area contributed by atoms with E-state index in [1.54, 1.807) is 30.5 Å². The lowest BCUT2D eigenvalue weighted by Crippen LogP contribution is -2.30. The summed E-state index contributed by atoms with van der Waals surface area (Å²) in [6.07, 6.45) is 4.78. The second-order valence-corrected chi connectivity index (χ2v) is 6.34. The number of nitrogens with zero attached hydrogens (tertiary/aromatic N) is 4. The molecule has 2 amide bonds. The number of rotatable bonds is 7. The first-order valence-corrected chi connectivity index (χ1v) is 8.93. The van der Waals surface area contributed by atoms with Gasteiger partial charge in [-0.15, -0.1) is 0 Å². The van der Waals surface area contributed by atoms with Gasteiger partial charge in [-0.3, -0.25) is 19.5 Å². The molecule has 0 unspecified atom stereocenters. The average molecular weight is 362 g/mol. The van der Waals surface area contributed by atoms with Gasteiger partial charge in [-0.05, 0) is 37.1 Å². The smallest absolute Gasteiger partial charge is 0.261 e. The molecule has 136 valence electrons. The zero-order valence-electron chi connectivity index (χ0n) is 14.7. The Morgan fingerprint density at radius 2 is 1.63 bits per heavy atom. The minimum absolute atomic E-state index is 0.201. The number of carbonyl (C=O) groups excluding carboxylic acids is 2. The van der Waals surface area contributed by atoms with Crippen LogP contribution in [0.2, 0.25) is 0 Å². The quantitative estimate of drug-likeness (QED) is 0.474. The zero-order valence-corrected chi connectivity index (χ0v) is 14.7. The maximum atomic E-state index is 12.3. The number of carbonyl (C=O) groups is 2. The Kier molecular flexibility index (Phi) is 4.74. The van der Waals surface area contributed by atoms with Gasteiger partial charge in [0.2, 0.25) is 11.7 Å². The number of aromatic nitrogens is 3. The summed E-state index contributed by atoms with van der Waals surface area (Å²) in [5.41, 5.74) is 1.67. The van der Waals surface area contributed by atoms with E-state index in [0.29, 0.717) is 41.5 Å². The highest BCUT2D eigenvalue weighted by Gasteiger charge is 2.34. The van der Waals surface area contributed by atoms with Gasteiger partial charge in [-0.2, -0.15) is 4.98 Å². The van der Waals surface area contributed by atoms with E-state index in [2.05, 4.69) is 15.1 Å². The molecular weight excluding hydrogens is 344 g/mol. The highest BCUT2D eigenvalue weighted by molar-refractivity contribution is 6.21. The predicted molar refractivity (Wildman–Crippen MR) is 96.9 cm³/mol. The van der Waals surface area contributed by atoms with Crippen LogP contribution in [0.5, 0.6) is 0 Å². The van der Waals surface area contributed by atoms with E-state index < -0.39 is 0 Å². The summed E-state index contributed by atoms with van der Waals surface area (Å²) >= 11 is 0. The molecule has 0 spiro atoms. The summed E-state index contributed by atoms with van der Waals surface area (Å²) in [5, 5.41) is 3.95. The molecule has 1 aliphatic rings. The van der Waals surface area contributed by atoms with Crippen molar-refractivity contribution in [1.29, 1.82) is 0 Å². The molecule has 0 fully saturated rings. The minimum Gasteiger partial charge on any atom is -0.339 e. The van der Waals surface area contributed by atoms with E-state index in [0.717, 1.165) is 19.3 Å². The Bertz CT molecular complexity index is 933. The summed E-state index contributed by atoms with van der Waals surface area (Å²) in [6.45, 7) is 0.426. The van der Waals surface area contributed by atoms with Crippen LogP contribution in [0.15, 0.2) is 53.2 Å². The lowest BCUT2D eigenvalue weighted by molar-refractivity contribution is 0.0651. The molecule has 2 aromatic heterocycles. The molecule has 7 nitrogen and oxygen atoms in total. The van der Waals surface area contributed by atoms with Crippen LogP contribution in [-0.4, -0.2) is 38.4 Å². The van der Waals surface area contributed by atoms with Gasteiger partial charge in [0, 0.05) is 19.2 Å². The molecule has 0 saturated carbocycles. The van der Waals surface area contributed by atoms with Crippen LogP contribution in [0.1, 0.15) is 45.9 Å². The lowest BCUT2D eigenvalue weighted by Gasteiger charge is -2.13. The first kappa shape index (κ1) is 17.1. The normalized spacial score (nSPS) is 13.3. The summed E-state index contributed by atoms with van der Waals surface area (Å²) in [5.74, 6) is 0.646. The number of unbranched alkanes of at least 4 members (excludes halogenated alkanes) is 2. The first-order valence-electron chi connectivity index (χ1n) is 8.93. The highest BCUT2D eigenvalue weighted by atomic mass is 16.5. The number of pyridine rings is 1.